The molecule has 0 fully saturated rings. The van der Waals surface area contributed by atoms with Crippen LogP contribution < -0.4 is 5.32 Å². The summed E-state index contributed by atoms with van der Waals surface area (Å²) in [5.74, 6) is 0.298. The van der Waals surface area contributed by atoms with Crippen molar-refractivity contribution in [2.45, 2.75) is 32.4 Å². The Balaban J connectivity index is 2.16. The highest BCUT2D eigenvalue weighted by Gasteiger charge is 2.11. The van der Waals surface area contributed by atoms with Crippen molar-refractivity contribution in [3.05, 3.63) is 22.5 Å². The van der Waals surface area contributed by atoms with Gasteiger partial charge in [-0.3, -0.25) is 14.8 Å². The SMILES string of the molecule is CC(CO)CCCNCC(O)Cn1cc([N+](=O)[O-])cn1. The van der Waals surface area contributed by atoms with Gasteiger partial charge in [0, 0.05) is 13.2 Å². The first-order valence-corrected chi connectivity index (χ1v) is 6.69. The van der Waals surface area contributed by atoms with Crippen molar-refractivity contribution >= 4 is 5.69 Å². The van der Waals surface area contributed by atoms with Crippen LogP contribution in [0.15, 0.2) is 12.4 Å². The molecule has 1 rings (SSSR count). The number of aromatic nitrogens is 2. The van der Waals surface area contributed by atoms with Gasteiger partial charge in [-0.2, -0.15) is 5.10 Å². The molecule has 0 aromatic carbocycles. The molecule has 0 saturated carbocycles. The minimum Gasteiger partial charge on any atom is -0.396 e. The highest BCUT2D eigenvalue weighted by molar-refractivity contribution is 5.20. The van der Waals surface area contributed by atoms with Crippen molar-refractivity contribution in [2.75, 3.05) is 19.7 Å². The maximum Gasteiger partial charge on any atom is 0.306 e. The first kappa shape index (κ1) is 16.5. The fourth-order valence-corrected chi connectivity index (χ4v) is 1.76. The van der Waals surface area contributed by atoms with Crippen molar-refractivity contribution in [1.82, 2.24) is 15.1 Å². The molecule has 1 heterocycles. The van der Waals surface area contributed by atoms with Gasteiger partial charge in [0.25, 0.3) is 0 Å². The van der Waals surface area contributed by atoms with E-state index >= 15 is 0 Å². The molecule has 0 aliphatic rings. The monoisotopic (exact) mass is 286 g/mol. The van der Waals surface area contributed by atoms with Crippen LogP contribution in [0.3, 0.4) is 0 Å². The van der Waals surface area contributed by atoms with Crippen LogP contribution in [0.2, 0.25) is 0 Å². The van der Waals surface area contributed by atoms with E-state index in [0.29, 0.717) is 12.5 Å². The van der Waals surface area contributed by atoms with Crippen LogP contribution in [-0.2, 0) is 6.54 Å². The normalized spacial score (nSPS) is 14.2. The van der Waals surface area contributed by atoms with Crippen LogP contribution in [0.5, 0.6) is 0 Å². The zero-order chi connectivity index (χ0) is 15.0. The van der Waals surface area contributed by atoms with Gasteiger partial charge >= 0.3 is 5.69 Å². The van der Waals surface area contributed by atoms with Gasteiger partial charge in [-0.15, -0.1) is 0 Å². The number of rotatable bonds is 10. The number of aliphatic hydroxyl groups excluding tert-OH is 2. The quantitative estimate of drug-likeness (QED) is 0.320. The summed E-state index contributed by atoms with van der Waals surface area (Å²) in [4.78, 5) is 9.97. The standard InChI is InChI=1S/C12H22N4O4/c1-10(9-17)3-2-4-13-6-12(18)8-15-7-11(5-14-15)16(19)20/h5,7,10,12-13,17-18H,2-4,6,8-9H2,1H3. The van der Waals surface area contributed by atoms with Crippen molar-refractivity contribution in [3.63, 3.8) is 0 Å². The number of aliphatic hydroxyl groups is 2. The zero-order valence-electron chi connectivity index (χ0n) is 11.6. The van der Waals surface area contributed by atoms with Crippen molar-refractivity contribution < 1.29 is 15.1 Å². The van der Waals surface area contributed by atoms with Gasteiger partial charge in [0.2, 0.25) is 0 Å². The van der Waals surface area contributed by atoms with Gasteiger partial charge in [0.1, 0.15) is 12.4 Å². The van der Waals surface area contributed by atoms with Crippen LogP contribution in [0.4, 0.5) is 5.69 Å². The second kappa shape index (κ2) is 8.62. The largest absolute Gasteiger partial charge is 0.396 e. The lowest BCUT2D eigenvalue weighted by molar-refractivity contribution is -0.385. The van der Waals surface area contributed by atoms with Gasteiger partial charge < -0.3 is 15.5 Å². The maximum absolute atomic E-state index is 10.5. The van der Waals surface area contributed by atoms with Crippen LogP contribution in [0.25, 0.3) is 0 Å². The molecule has 2 atom stereocenters. The van der Waals surface area contributed by atoms with E-state index in [1.54, 1.807) is 0 Å². The second-order valence-electron chi connectivity index (χ2n) is 4.97. The van der Waals surface area contributed by atoms with E-state index in [2.05, 4.69) is 10.4 Å². The van der Waals surface area contributed by atoms with E-state index in [0.717, 1.165) is 25.6 Å². The Morgan fingerprint density at radius 3 is 2.95 bits per heavy atom. The van der Waals surface area contributed by atoms with Crippen LogP contribution >= 0.6 is 0 Å². The van der Waals surface area contributed by atoms with Crippen molar-refractivity contribution in [3.8, 4) is 0 Å². The van der Waals surface area contributed by atoms with Gasteiger partial charge in [0.15, 0.2) is 0 Å². The lowest BCUT2D eigenvalue weighted by atomic mass is 10.1. The fourth-order valence-electron chi connectivity index (χ4n) is 1.76. The molecule has 0 radical (unpaired) electrons. The number of nitro groups is 1. The predicted octanol–water partition coefficient (Wildman–Crippen LogP) is 0.150. The van der Waals surface area contributed by atoms with E-state index in [4.69, 9.17) is 5.11 Å². The first-order chi connectivity index (χ1) is 9.52. The van der Waals surface area contributed by atoms with E-state index < -0.39 is 11.0 Å². The summed E-state index contributed by atoms with van der Waals surface area (Å²) in [6, 6.07) is 0. The first-order valence-electron chi connectivity index (χ1n) is 6.69. The molecule has 8 nitrogen and oxygen atoms in total. The molecule has 0 aliphatic carbocycles. The molecule has 1 aromatic rings. The lowest BCUT2D eigenvalue weighted by Gasteiger charge is -2.12. The van der Waals surface area contributed by atoms with Gasteiger partial charge in [-0.1, -0.05) is 6.92 Å². The summed E-state index contributed by atoms with van der Waals surface area (Å²) < 4.78 is 1.36. The topological polar surface area (TPSA) is 113 Å². The molecule has 1 aromatic heterocycles. The minimum atomic E-state index is -0.648. The Morgan fingerprint density at radius 1 is 1.60 bits per heavy atom. The third-order valence-electron chi connectivity index (χ3n) is 2.97. The van der Waals surface area contributed by atoms with Crippen LogP contribution in [-0.4, -0.2) is 50.7 Å². The third-order valence-corrected chi connectivity index (χ3v) is 2.97. The zero-order valence-corrected chi connectivity index (χ0v) is 11.6. The summed E-state index contributed by atoms with van der Waals surface area (Å²) in [6.07, 6.45) is 3.68. The number of nitrogens with zero attached hydrogens (tertiary/aromatic N) is 3. The predicted molar refractivity (Wildman–Crippen MR) is 73.2 cm³/mol. The molecule has 8 heteroatoms. The number of nitrogens with one attached hydrogen (secondary N) is 1. The Bertz CT molecular complexity index is 410. The average molecular weight is 286 g/mol. The van der Waals surface area contributed by atoms with Gasteiger partial charge in [-0.25, -0.2) is 0 Å². The Kier molecular flexibility index (Phi) is 7.13. The molecule has 0 bridgehead atoms. The maximum atomic E-state index is 10.5. The van der Waals surface area contributed by atoms with Crippen LogP contribution in [0, 0.1) is 16.0 Å². The number of hydrogen-bond acceptors (Lipinski definition) is 6. The highest BCUT2D eigenvalue weighted by atomic mass is 16.6. The molecule has 20 heavy (non-hydrogen) atoms. The summed E-state index contributed by atoms with van der Waals surface area (Å²) in [5.41, 5.74) is -0.0804. The number of hydrogen-bond donors (Lipinski definition) is 3. The smallest absolute Gasteiger partial charge is 0.306 e. The molecule has 0 saturated heterocycles. The Labute approximate surface area is 117 Å². The third kappa shape index (κ3) is 6.09. The highest BCUT2D eigenvalue weighted by Crippen LogP contribution is 2.08. The summed E-state index contributed by atoms with van der Waals surface area (Å²) >= 11 is 0. The van der Waals surface area contributed by atoms with Gasteiger partial charge in [0.05, 0.1) is 17.6 Å². The van der Waals surface area contributed by atoms with Crippen molar-refractivity contribution in [2.24, 2.45) is 5.92 Å². The minimum absolute atomic E-state index is 0.0804. The average Bonchev–Trinajstić information content (AvgIpc) is 2.86. The van der Waals surface area contributed by atoms with E-state index in [9.17, 15) is 15.2 Å². The van der Waals surface area contributed by atoms with Crippen LogP contribution in [0.1, 0.15) is 19.8 Å². The molecule has 0 spiro atoms. The van der Waals surface area contributed by atoms with Gasteiger partial charge in [-0.05, 0) is 25.3 Å². The van der Waals surface area contributed by atoms with Crippen molar-refractivity contribution in [1.29, 1.82) is 0 Å². The molecule has 0 aliphatic heterocycles. The molecule has 0 amide bonds. The fraction of sp³-hybridized carbons (Fsp3) is 0.750. The summed E-state index contributed by atoms with van der Waals surface area (Å²) in [5, 5.41) is 36.0. The summed E-state index contributed by atoms with van der Waals surface area (Å²) in [6.45, 7) is 3.57. The molecule has 2 unspecified atom stereocenters. The Morgan fingerprint density at radius 2 is 2.35 bits per heavy atom. The lowest BCUT2D eigenvalue weighted by Crippen LogP contribution is -2.31. The molecular weight excluding hydrogens is 264 g/mol. The van der Waals surface area contributed by atoms with E-state index in [1.165, 1.54) is 10.9 Å². The summed E-state index contributed by atoms with van der Waals surface area (Å²) in [7, 11) is 0. The molecular formula is C12H22N4O4. The van der Waals surface area contributed by atoms with E-state index in [-0.39, 0.29) is 18.8 Å². The second-order valence-corrected chi connectivity index (χ2v) is 4.97. The Hall–Kier alpha value is -1.51. The molecule has 3 N–H and O–H groups in total. The molecule has 114 valence electrons. The van der Waals surface area contributed by atoms with E-state index in [1.807, 2.05) is 6.92 Å².